The average molecular weight is 1670 g/mol. The Morgan fingerprint density at radius 2 is 0.578 bits per heavy atom. The average Bonchev–Trinajstić information content (AvgIpc) is 1.60. The van der Waals surface area contributed by atoms with E-state index in [1.54, 1.807) is 6.07 Å². The summed E-state index contributed by atoms with van der Waals surface area (Å²) in [6.07, 6.45) is 8.47. The molecule has 0 radical (unpaired) electrons. The molecule has 1 unspecified atom stereocenters. The number of rotatable bonds is 7. The zero-order valence-electron chi connectivity index (χ0n) is 80.4. The van der Waals surface area contributed by atoms with Crippen molar-refractivity contribution in [3.05, 3.63) is 359 Å². The van der Waals surface area contributed by atoms with Crippen LogP contribution in [0.1, 0.15) is 122 Å². The van der Waals surface area contributed by atoms with E-state index in [9.17, 15) is 0 Å². The van der Waals surface area contributed by atoms with Gasteiger partial charge in [-0.05, 0) is 253 Å². The monoisotopic (exact) mass is 1670 g/mol. The second-order valence-electron chi connectivity index (χ2n) is 35.8. The fourth-order valence-corrected chi connectivity index (χ4v) is 20.1. The van der Waals surface area contributed by atoms with Crippen molar-refractivity contribution in [1.82, 2.24) is 0 Å². The molecule has 24 rings (SSSR count). The maximum atomic E-state index is 8.57. The number of nitrogens with zero attached hydrogens (tertiary/aromatic N) is 4. The molecule has 0 saturated heterocycles. The van der Waals surface area contributed by atoms with E-state index in [1.165, 1.54) is 154 Å². The largest absolute Gasteiger partial charge is 0.455 e. The van der Waals surface area contributed by atoms with Gasteiger partial charge in [-0.25, -0.2) is 18.3 Å². The van der Waals surface area contributed by atoms with E-state index in [-0.39, 0.29) is 0 Å². The van der Waals surface area contributed by atoms with Gasteiger partial charge in [0, 0.05) is 79.6 Å². The molecule has 16 aromatic carbocycles. The van der Waals surface area contributed by atoms with Crippen molar-refractivity contribution in [2.75, 3.05) is 0 Å². The van der Waals surface area contributed by atoms with E-state index in [1.807, 2.05) is 51.4 Å². The molecule has 624 valence electrons. The first kappa shape index (κ1) is 74.8. The molecule has 8 heterocycles. The first-order valence-electron chi connectivity index (χ1n) is 46.9. The summed E-state index contributed by atoms with van der Waals surface area (Å²) in [6.45, 7) is 22.6. The van der Waals surface area contributed by atoms with E-state index in [4.69, 9.17) is 24.5 Å². The molecule has 0 spiro atoms. The van der Waals surface area contributed by atoms with Gasteiger partial charge in [0.1, 0.15) is 72.9 Å². The van der Waals surface area contributed by atoms with Gasteiger partial charge in [-0.15, -0.1) is 0 Å². The number of furan rings is 4. The molecule has 8 aromatic heterocycles. The second kappa shape index (κ2) is 31.5. The normalized spacial score (nSPS) is 13.2. The number of fused-ring (bicyclic) bond motifs is 24. The highest BCUT2D eigenvalue weighted by Crippen LogP contribution is 2.49. The van der Waals surface area contributed by atoms with Crippen molar-refractivity contribution < 1.29 is 42.8 Å². The van der Waals surface area contributed by atoms with E-state index in [2.05, 4.69) is 369 Å². The van der Waals surface area contributed by atoms with Crippen molar-refractivity contribution in [3.63, 3.8) is 0 Å². The van der Waals surface area contributed by atoms with Crippen molar-refractivity contribution in [2.45, 2.75) is 108 Å². The Balaban J connectivity index is 0.000000107. The van der Waals surface area contributed by atoms with Crippen LogP contribution in [0, 0.1) is 48.5 Å². The third-order valence-corrected chi connectivity index (χ3v) is 27.3. The maximum Gasteiger partial charge on any atom is 0.224 e. The van der Waals surface area contributed by atoms with Crippen LogP contribution in [0.4, 0.5) is 0 Å². The molecule has 0 bridgehead atoms. The number of benzene rings is 16. The highest BCUT2D eigenvalue weighted by molar-refractivity contribution is 6.26. The minimum atomic E-state index is -2.43. The summed E-state index contributed by atoms with van der Waals surface area (Å²) in [5, 5.41) is 28.2. The molecule has 24 aromatic rings. The first-order chi connectivity index (χ1) is 63.9. The third kappa shape index (κ3) is 13.3. The Morgan fingerprint density at radius 3 is 0.945 bits per heavy atom. The van der Waals surface area contributed by atoms with Crippen molar-refractivity contribution in [2.24, 2.45) is 28.2 Å². The molecule has 0 N–H and O–H groups in total. The van der Waals surface area contributed by atoms with Gasteiger partial charge >= 0.3 is 0 Å². The SMILES string of the molecule is Cc1cc2c(oc3ccc4ccccc4c32)c(-c2c3ccc(C(C)C)cc3cc[n+]2C)c1C.Cc1ccc2c(oc3ccc4ccccc4c32)c1-c1cc2ccccc2c[n+]1C.[2H]C(C)(C)c1ccc2c(-c3c(C)c(C)cc4c3oc3ccc5ccccc5c34)[n+](C)ccc2c1.[2H]C([2H])([2H])C([2H])(C)c1ccc2c(-c3c(C)c(C)cc4c3oc3ccc5ccccc5c34)[n+](C)ccc2c1. The van der Waals surface area contributed by atoms with Crippen LogP contribution in [0.15, 0.2) is 322 Å². The topological polar surface area (TPSA) is 68.1 Å². The standard InChI is InChI=1S/3C31H28NO.C27H20NO/c3*1-18(2)22-10-12-25-23(17-22)14-15-32(5)30(25)28-20(4)19(3)16-26-29-24-9-7-6-8-21(24)11-13-27(29)33-31(26)28;1-17-11-13-22-26-21-10-6-5-7-18(21)12-14-24(26)29-27(22)25(17)23-15-19-8-3-4-9-20(19)16-28(23)2/h3*6-18H,1-5H3;3-16H,1-2H3/q4*+1/i1D3,18D;18D;;. The summed E-state index contributed by atoms with van der Waals surface area (Å²) in [6, 6.07) is 98.1. The summed E-state index contributed by atoms with van der Waals surface area (Å²) in [4.78, 5) is 0. The van der Waals surface area contributed by atoms with Crippen molar-refractivity contribution >= 4 is 174 Å². The van der Waals surface area contributed by atoms with E-state index >= 15 is 0 Å². The van der Waals surface area contributed by atoms with Crippen LogP contribution in [-0.4, -0.2) is 0 Å². The summed E-state index contributed by atoms with van der Waals surface area (Å²) < 4.78 is 75.7. The minimum absolute atomic E-state index is 0.473. The molecule has 8 heteroatoms. The van der Waals surface area contributed by atoms with Crippen molar-refractivity contribution in [3.8, 4) is 45.0 Å². The Morgan fingerprint density at radius 1 is 0.258 bits per heavy atom. The second-order valence-corrected chi connectivity index (χ2v) is 35.8. The Bertz CT molecular complexity index is 9030. The van der Waals surface area contributed by atoms with E-state index < -0.39 is 18.6 Å². The molecule has 8 nitrogen and oxygen atoms in total. The molecule has 128 heavy (non-hydrogen) atoms. The Labute approximate surface area is 752 Å². The molecule has 0 amide bonds. The van der Waals surface area contributed by atoms with E-state index in [0.717, 1.165) is 122 Å². The van der Waals surface area contributed by atoms with Crippen LogP contribution in [0.5, 0.6) is 0 Å². The van der Waals surface area contributed by atoms with Gasteiger partial charge in [-0.2, -0.15) is 0 Å². The summed E-state index contributed by atoms with van der Waals surface area (Å²) in [7, 11) is 8.36. The first-order valence-corrected chi connectivity index (χ1v) is 44.4. The number of hydrogen-bond acceptors (Lipinski definition) is 4. The minimum Gasteiger partial charge on any atom is -0.455 e. The van der Waals surface area contributed by atoms with Crippen LogP contribution in [0.25, 0.3) is 219 Å². The lowest BCUT2D eigenvalue weighted by Gasteiger charge is -2.12. The number of aryl methyl sites for hydroxylation is 8. The molecular formula is C120H104N4O4+4. The van der Waals surface area contributed by atoms with Gasteiger partial charge in [0.2, 0.25) is 22.8 Å². The van der Waals surface area contributed by atoms with Crippen LogP contribution >= 0.6 is 0 Å². The molecule has 0 aliphatic rings. The van der Waals surface area contributed by atoms with Gasteiger partial charge in [-0.1, -0.05) is 230 Å². The predicted octanol–water partition coefficient (Wildman–Crippen LogP) is 31.1. The van der Waals surface area contributed by atoms with Gasteiger partial charge in [0.15, 0.2) is 24.8 Å². The molecule has 0 fully saturated rings. The number of pyridine rings is 4. The predicted molar refractivity (Wildman–Crippen MR) is 537 cm³/mol. The lowest BCUT2D eigenvalue weighted by Crippen LogP contribution is -2.31. The van der Waals surface area contributed by atoms with Crippen LogP contribution in [-0.2, 0) is 28.2 Å². The molecule has 0 aliphatic heterocycles. The Hall–Kier alpha value is -14.6. The van der Waals surface area contributed by atoms with Crippen LogP contribution in [0.3, 0.4) is 0 Å². The fraction of sp³-hybridized carbons (Fsp3) is 0.167. The summed E-state index contributed by atoms with van der Waals surface area (Å²) in [5.74, 6) is -1.84. The third-order valence-electron chi connectivity index (χ3n) is 27.3. The molecule has 0 saturated carbocycles. The lowest BCUT2D eigenvalue weighted by molar-refractivity contribution is -0.659. The van der Waals surface area contributed by atoms with E-state index in [0.29, 0.717) is 11.5 Å². The van der Waals surface area contributed by atoms with Crippen LogP contribution in [0.2, 0.25) is 0 Å². The zero-order chi connectivity index (χ0) is 92.4. The lowest BCUT2D eigenvalue weighted by atomic mass is 9.92. The zero-order valence-corrected chi connectivity index (χ0v) is 75.4. The van der Waals surface area contributed by atoms with Gasteiger partial charge in [0.05, 0.1) is 38.4 Å². The van der Waals surface area contributed by atoms with Gasteiger partial charge < -0.3 is 17.7 Å². The van der Waals surface area contributed by atoms with Crippen molar-refractivity contribution in [1.29, 1.82) is 0 Å². The quantitative estimate of drug-likeness (QED) is 0.149. The Kier molecular flexibility index (Phi) is 18.4. The fourth-order valence-electron chi connectivity index (χ4n) is 20.1. The summed E-state index contributed by atoms with van der Waals surface area (Å²) in [5.41, 5.74) is 27.8. The highest BCUT2D eigenvalue weighted by Gasteiger charge is 2.31. The smallest absolute Gasteiger partial charge is 0.224 e. The molecular weight excluding hydrogens is 1560 g/mol. The van der Waals surface area contributed by atoms with Crippen LogP contribution < -0.4 is 18.3 Å². The van der Waals surface area contributed by atoms with Gasteiger partial charge in [-0.3, -0.25) is 0 Å². The molecule has 1 atom stereocenters. The highest BCUT2D eigenvalue weighted by atomic mass is 16.3. The number of aromatic nitrogens is 4. The molecule has 0 aliphatic carbocycles. The maximum absolute atomic E-state index is 8.57. The summed E-state index contributed by atoms with van der Waals surface area (Å²) >= 11 is 0. The van der Waals surface area contributed by atoms with Gasteiger partial charge in [0.25, 0.3) is 0 Å². The number of hydrogen-bond donors (Lipinski definition) is 0.